The predicted molar refractivity (Wildman–Crippen MR) is 97.1 cm³/mol. The third-order valence-electron chi connectivity index (χ3n) is 5.06. The van der Waals surface area contributed by atoms with Crippen molar-refractivity contribution in [2.75, 3.05) is 13.1 Å². The smallest absolute Gasteiger partial charge is 0.249 e. The molecule has 132 valence electrons. The third-order valence-corrected chi connectivity index (χ3v) is 5.93. The Morgan fingerprint density at radius 1 is 1.36 bits per heavy atom. The normalized spacial score (nSPS) is 26.3. The van der Waals surface area contributed by atoms with Crippen LogP contribution in [0.2, 0.25) is 0 Å². The van der Waals surface area contributed by atoms with E-state index in [0.29, 0.717) is 12.5 Å². The number of nitrogens with zero attached hydrogens (tertiary/aromatic N) is 2. The first kappa shape index (κ1) is 16.7. The molecule has 1 amide bonds. The van der Waals surface area contributed by atoms with Crippen LogP contribution >= 0.6 is 11.3 Å². The molecule has 2 aliphatic rings. The predicted octanol–water partition coefficient (Wildman–Crippen LogP) is 2.44. The van der Waals surface area contributed by atoms with E-state index >= 15 is 0 Å². The topological polar surface area (TPSA) is 54.5 Å². The maximum absolute atomic E-state index is 12.4. The number of hydrogen-bond acceptors (Lipinski definition) is 5. The Hall–Kier alpha value is -1.76. The maximum atomic E-state index is 12.4. The van der Waals surface area contributed by atoms with Crippen molar-refractivity contribution in [2.45, 2.75) is 38.1 Å². The largest absolute Gasteiger partial charge is 0.364 e. The number of fused-ring (bicyclic) bond motifs is 1. The number of carbonyl (C=O) groups is 1. The summed E-state index contributed by atoms with van der Waals surface area (Å²) in [4.78, 5) is 20.4. The van der Waals surface area contributed by atoms with E-state index in [1.165, 1.54) is 4.88 Å². The fourth-order valence-electron chi connectivity index (χ4n) is 3.73. The van der Waals surface area contributed by atoms with Crippen LogP contribution in [0.15, 0.2) is 41.9 Å². The van der Waals surface area contributed by atoms with Crippen LogP contribution in [0, 0.1) is 5.92 Å². The third kappa shape index (κ3) is 4.08. The van der Waals surface area contributed by atoms with Crippen molar-refractivity contribution in [3.8, 4) is 0 Å². The van der Waals surface area contributed by atoms with Gasteiger partial charge < -0.3 is 10.1 Å². The summed E-state index contributed by atoms with van der Waals surface area (Å²) in [5, 5.41) is 5.04. The Morgan fingerprint density at radius 2 is 2.32 bits per heavy atom. The number of likely N-dealkylation sites (tertiary alicyclic amines) is 1. The van der Waals surface area contributed by atoms with Crippen molar-refractivity contribution in [1.29, 1.82) is 0 Å². The molecule has 5 nitrogen and oxygen atoms in total. The van der Waals surface area contributed by atoms with E-state index in [2.05, 4.69) is 21.3 Å². The lowest BCUT2D eigenvalue weighted by atomic mass is 9.91. The molecule has 2 aromatic heterocycles. The van der Waals surface area contributed by atoms with Crippen LogP contribution in [-0.4, -0.2) is 41.1 Å². The number of amides is 1. The van der Waals surface area contributed by atoms with Crippen molar-refractivity contribution in [3.63, 3.8) is 0 Å². The summed E-state index contributed by atoms with van der Waals surface area (Å²) in [6, 6.07) is 10.1. The van der Waals surface area contributed by atoms with Crippen molar-refractivity contribution >= 4 is 17.2 Å². The van der Waals surface area contributed by atoms with Crippen LogP contribution in [0.1, 0.15) is 23.4 Å². The van der Waals surface area contributed by atoms with E-state index in [1.807, 2.05) is 35.8 Å². The first-order valence-electron chi connectivity index (χ1n) is 8.86. The molecule has 2 aliphatic heterocycles. The fourth-order valence-corrected chi connectivity index (χ4v) is 4.37. The van der Waals surface area contributed by atoms with Gasteiger partial charge in [0.1, 0.15) is 6.10 Å². The summed E-state index contributed by atoms with van der Waals surface area (Å²) in [7, 11) is 0. The minimum absolute atomic E-state index is 0.0269. The Kier molecular flexibility index (Phi) is 5.10. The first-order chi connectivity index (χ1) is 12.3. The number of aromatic nitrogens is 1. The molecule has 0 radical (unpaired) electrons. The Morgan fingerprint density at radius 3 is 3.12 bits per heavy atom. The first-order valence-corrected chi connectivity index (χ1v) is 9.74. The van der Waals surface area contributed by atoms with E-state index in [9.17, 15) is 4.79 Å². The zero-order valence-corrected chi connectivity index (χ0v) is 15.0. The van der Waals surface area contributed by atoms with Crippen LogP contribution in [0.4, 0.5) is 0 Å². The quantitative estimate of drug-likeness (QED) is 0.893. The fraction of sp³-hybridized carbons (Fsp3) is 0.474. The molecule has 2 aromatic rings. The monoisotopic (exact) mass is 357 g/mol. The molecule has 25 heavy (non-hydrogen) atoms. The number of thiophene rings is 1. The van der Waals surface area contributed by atoms with Crippen LogP contribution in [0.25, 0.3) is 0 Å². The maximum Gasteiger partial charge on any atom is 0.249 e. The molecular weight excluding hydrogens is 334 g/mol. The van der Waals surface area contributed by atoms with Crippen LogP contribution < -0.4 is 5.32 Å². The molecule has 0 bridgehead atoms. The van der Waals surface area contributed by atoms with E-state index in [-0.39, 0.29) is 18.1 Å². The average molecular weight is 357 g/mol. The second kappa shape index (κ2) is 7.64. The molecule has 4 rings (SSSR count). The summed E-state index contributed by atoms with van der Waals surface area (Å²) in [5.41, 5.74) is 1.09. The number of nitrogens with one attached hydrogen (secondary N) is 1. The number of rotatable bonds is 5. The molecule has 0 aromatic carbocycles. The zero-order valence-electron chi connectivity index (χ0n) is 14.1. The SMILES string of the molecule is O=C(NCc1cccs1)[C@@H]1C[C@H]2CCN(Cc3ccccn3)C[C@@H]2O1. The van der Waals surface area contributed by atoms with E-state index in [4.69, 9.17) is 4.74 Å². The second-order valence-corrected chi connectivity index (χ2v) is 7.83. The standard InChI is InChI=1S/C19H23N3O2S/c23-19(21-11-16-5-3-9-25-16)17-10-14-6-8-22(13-18(14)24-17)12-15-4-1-2-7-20-15/h1-5,7,9,14,17-18H,6,8,10-13H2,(H,21,23)/t14-,17+,18+/m1/s1. The molecule has 0 unspecified atom stereocenters. The highest BCUT2D eigenvalue weighted by Crippen LogP contribution is 2.33. The van der Waals surface area contributed by atoms with E-state index in [0.717, 1.165) is 38.2 Å². The molecule has 0 spiro atoms. The van der Waals surface area contributed by atoms with Gasteiger partial charge in [0.25, 0.3) is 0 Å². The van der Waals surface area contributed by atoms with E-state index in [1.54, 1.807) is 11.3 Å². The van der Waals surface area contributed by atoms with Crippen LogP contribution in [0.3, 0.4) is 0 Å². The van der Waals surface area contributed by atoms with Gasteiger partial charge in [0.05, 0.1) is 18.3 Å². The van der Waals surface area contributed by atoms with Gasteiger partial charge in [-0.15, -0.1) is 11.3 Å². The van der Waals surface area contributed by atoms with Gasteiger partial charge in [-0.25, -0.2) is 0 Å². The van der Waals surface area contributed by atoms with Crippen molar-refractivity contribution in [1.82, 2.24) is 15.2 Å². The van der Waals surface area contributed by atoms with Gasteiger partial charge >= 0.3 is 0 Å². The van der Waals surface area contributed by atoms with Gasteiger partial charge in [-0.2, -0.15) is 0 Å². The summed E-state index contributed by atoms with van der Waals surface area (Å²) in [6.45, 7) is 3.38. The van der Waals surface area contributed by atoms with Crippen molar-refractivity contribution in [2.24, 2.45) is 5.92 Å². The Labute approximate surface area is 152 Å². The minimum atomic E-state index is -0.301. The highest BCUT2D eigenvalue weighted by atomic mass is 32.1. The molecule has 0 saturated carbocycles. The molecule has 6 heteroatoms. The molecule has 2 saturated heterocycles. The van der Waals surface area contributed by atoms with Crippen molar-refractivity contribution < 1.29 is 9.53 Å². The average Bonchev–Trinajstić information content (AvgIpc) is 3.30. The Bertz CT molecular complexity index is 692. The highest BCUT2D eigenvalue weighted by Gasteiger charge is 2.41. The zero-order chi connectivity index (χ0) is 17.1. The van der Waals surface area contributed by atoms with Gasteiger partial charge in [0, 0.05) is 24.2 Å². The summed E-state index contributed by atoms with van der Waals surface area (Å²) >= 11 is 1.66. The van der Waals surface area contributed by atoms with Gasteiger partial charge in [0.15, 0.2) is 0 Å². The lowest BCUT2D eigenvalue weighted by Gasteiger charge is -2.33. The number of hydrogen-bond donors (Lipinski definition) is 1. The van der Waals surface area contributed by atoms with Crippen LogP contribution in [0.5, 0.6) is 0 Å². The van der Waals surface area contributed by atoms with Gasteiger partial charge in [-0.05, 0) is 48.9 Å². The molecule has 3 atom stereocenters. The van der Waals surface area contributed by atoms with Crippen molar-refractivity contribution in [3.05, 3.63) is 52.5 Å². The molecule has 4 heterocycles. The van der Waals surface area contributed by atoms with Crippen LogP contribution in [-0.2, 0) is 22.6 Å². The summed E-state index contributed by atoms with van der Waals surface area (Å²) in [5.74, 6) is 0.525. The highest BCUT2D eigenvalue weighted by molar-refractivity contribution is 7.09. The van der Waals surface area contributed by atoms with Gasteiger partial charge in [-0.1, -0.05) is 12.1 Å². The number of piperidine rings is 1. The lowest BCUT2D eigenvalue weighted by molar-refractivity contribution is -0.133. The molecular formula is C19H23N3O2S. The molecule has 2 fully saturated rings. The number of ether oxygens (including phenoxy) is 1. The Balaban J connectivity index is 1.28. The molecule has 1 N–H and O–H groups in total. The van der Waals surface area contributed by atoms with E-state index < -0.39 is 0 Å². The molecule has 0 aliphatic carbocycles. The minimum Gasteiger partial charge on any atom is -0.364 e. The van der Waals surface area contributed by atoms with Gasteiger partial charge in [-0.3, -0.25) is 14.7 Å². The summed E-state index contributed by atoms with van der Waals surface area (Å²) < 4.78 is 6.09. The number of carbonyl (C=O) groups excluding carboxylic acids is 1. The summed E-state index contributed by atoms with van der Waals surface area (Å²) in [6.07, 6.45) is 3.63. The van der Waals surface area contributed by atoms with Gasteiger partial charge in [0.2, 0.25) is 5.91 Å². The lowest BCUT2D eigenvalue weighted by Crippen LogP contribution is -2.42. The number of pyridine rings is 1. The second-order valence-electron chi connectivity index (χ2n) is 6.80.